The third-order valence-electron chi connectivity index (χ3n) is 5.83. The molecule has 198 valence electrons. The monoisotopic (exact) mass is 603 g/mol. The van der Waals surface area contributed by atoms with Gasteiger partial charge in [0.1, 0.15) is 5.75 Å². The highest BCUT2D eigenvalue weighted by atomic mass is 79.9. The van der Waals surface area contributed by atoms with Crippen molar-refractivity contribution >= 4 is 51.1 Å². The number of halogens is 3. The number of piperazine rings is 1. The van der Waals surface area contributed by atoms with Gasteiger partial charge >= 0.3 is 12.6 Å². The fraction of sp³-hybridized carbons (Fsp3) is 0.222. The average molecular weight is 604 g/mol. The van der Waals surface area contributed by atoms with Crippen LogP contribution in [-0.2, 0) is 0 Å². The number of hydrogen-bond donors (Lipinski definition) is 1. The van der Waals surface area contributed by atoms with Gasteiger partial charge in [-0.15, -0.1) is 11.8 Å². The number of Topliss-reactive ketones (excluding diaryl/α,β-unsaturated/α-hetero) is 1. The number of amides is 3. The van der Waals surface area contributed by atoms with E-state index in [1.807, 2.05) is 12.1 Å². The van der Waals surface area contributed by atoms with Crippen LogP contribution in [0.1, 0.15) is 20.7 Å². The SMILES string of the molecule is O=C(CSc1ccccc1C(=O)N1CCN(C(=O)Nc2ccc(Br)cc2)CC1)c1ccc(OC(F)F)cc1. The molecule has 1 aliphatic rings. The fourth-order valence-corrected chi connectivity index (χ4v) is 5.04. The number of ether oxygens (including phenoxy) is 1. The van der Waals surface area contributed by atoms with Crippen molar-refractivity contribution in [1.29, 1.82) is 0 Å². The maximum Gasteiger partial charge on any atom is 0.387 e. The van der Waals surface area contributed by atoms with Crippen LogP contribution in [0, 0.1) is 0 Å². The molecule has 4 rings (SSSR count). The molecule has 1 heterocycles. The van der Waals surface area contributed by atoms with Gasteiger partial charge in [0.25, 0.3) is 5.91 Å². The highest BCUT2D eigenvalue weighted by molar-refractivity contribution is 9.10. The minimum absolute atomic E-state index is 0.0222. The first-order valence-electron chi connectivity index (χ1n) is 11.7. The minimum atomic E-state index is -2.93. The molecule has 0 aromatic heterocycles. The number of ketones is 1. The Morgan fingerprint density at radius 2 is 1.53 bits per heavy atom. The number of thioether (sulfide) groups is 1. The van der Waals surface area contributed by atoms with Gasteiger partial charge in [0.05, 0.1) is 11.3 Å². The summed E-state index contributed by atoms with van der Waals surface area (Å²) in [5, 5.41) is 2.86. The Balaban J connectivity index is 1.32. The zero-order chi connectivity index (χ0) is 27.1. The molecule has 1 N–H and O–H groups in total. The number of urea groups is 1. The molecule has 3 aromatic rings. The van der Waals surface area contributed by atoms with E-state index < -0.39 is 6.61 Å². The van der Waals surface area contributed by atoms with Crippen molar-refractivity contribution in [3.63, 3.8) is 0 Å². The molecule has 1 saturated heterocycles. The number of nitrogens with zero attached hydrogens (tertiary/aromatic N) is 2. The molecule has 3 amide bonds. The first-order chi connectivity index (χ1) is 18.3. The summed E-state index contributed by atoms with van der Waals surface area (Å²) in [7, 11) is 0. The van der Waals surface area contributed by atoms with Crippen LogP contribution in [0.3, 0.4) is 0 Å². The van der Waals surface area contributed by atoms with E-state index in [1.165, 1.54) is 36.0 Å². The quantitative estimate of drug-likeness (QED) is 0.252. The maximum atomic E-state index is 13.3. The van der Waals surface area contributed by atoms with E-state index in [4.69, 9.17) is 0 Å². The summed E-state index contributed by atoms with van der Waals surface area (Å²) in [6, 6.07) is 19.7. The summed E-state index contributed by atoms with van der Waals surface area (Å²) in [5.41, 5.74) is 1.54. The van der Waals surface area contributed by atoms with Crippen LogP contribution in [0.15, 0.2) is 82.2 Å². The molecule has 0 saturated carbocycles. The second-order valence-corrected chi connectivity index (χ2v) is 10.3. The van der Waals surface area contributed by atoms with E-state index in [0.717, 1.165) is 4.47 Å². The van der Waals surface area contributed by atoms with E-state index in [0.29, 0.717) is 47.9 Å². The van der Waals surface area contributed by atoms with E-state index in [1.54, 1.807) is 46.2 Å². The Morgan fingerprint density at radius 1 is 0.895 bits per heavy atom. The molecule has 0 aliphatic carbocycles. The van der Waals surface area contributed by atoms with E-state index in [2.05, 4.69) is 26.0 Å². The number of carbonyl (C=O) groups excluding carboxylic acids is 3. The summed E-state index contributed by atoms with van der Waals surface area (Å²) in [4.78, 5) is 42.6. The van der Waals surface area contributed by atoms with Gasteiger partial charge in [0.15, 0.2) is 5.78 Å². The molecule has 0 bridgehead atoms. The summed E-state index contributed by atoms with van der Waals surface area (Å²) in [6.45, 7) is -1.37. The van der Waals surface area contributed by atoms with Crippen molar-refractivity contribution in [3.8, 4) is 5.75 Å². The Kier molecular flexibility index (Phi) is 9.35. The lowest BCUT2D eigenvalue weighted by Gasteiger charge is -2.35. The highest BCUT2D eigenvalue weighted by Gasteiger charge is 2.26. The zero-order valence-electron chi connectivity index (χ0n) is 20.1. The van der Waals surface area contributed by atoms with Crippen LogP contribution < -0.4 is 10.1 Å². The fourth-order valence-electron chi connectivity index (χ4n) is 3.84. The number of benzene rings is 3. The first kappa shape index (κ1) is 27.6. The normalized spacial score (nSPS) is 13.4. The Bertz CT molecular complexity index is 1280. The molecular weight excluding hydrogens is 580 g/mol. The molecule has 0 atom stereocenters. The topological polar surface area (TPSA) is 79.0 Å². The third kappa shape index (κ3) is 7.32. The Labute approximate surface area is 231 Å². The van der Waals surface area contributed by atoms with Crippen LogP contribution in [0.25, 0.3) is 0 Å². The van der Waals surface area contributed by atoms with E-state index in [9.17, 15) is 23.2 Å². The van der Waals surface area contributed by atoms with Crippen molar-refractivity contribution in [2.75, 3.05) is 37.2 Å². The molecule has 0 spiro atoms. The second-order valence-electron chi connectivity index (χ2n) is 8.33. The van der Waals surface area contributed by atoms with Crippen LogP contribution >= 0.6 is 27.7 Å². The number of hydrogen-bond acceptors (Lipinski definition) is 5. The molecule has 3 aromatic carbocycles. The van der Waals surface area contributed by atoms with Gasteiger partial charge in [-0.2, -0.15) is 8.78 Å². The van der Waals surface area contributed by atoms with Crippen molar-refractivity contribution < 1.29 is 27.9 Å². The third-order valence-corrected chi connectivity index (χ3v) is 7.43. The number of rotatable bonds is 8. The Hall–Kier alpha value is -3.44. The molecule has 0 unspecified atom stereocenters. The average Bonchev–Trinajstić information content (AvgIpc) is 2.93. The number of anilines is 1. The molecule has 0 radical (unpaired) electrons. The van der Waals surface area contributed by atoms with Gasteiger partial charge in [0, 0.05) is 46.8 Å². The zero-order valence-corrected chi connectivity index (χ0v) is 22.5. The minimum Gasteiger partial charge on any atom is -0.435 e. The van der Waals surface area contributed by atoms with Crippen molar-refractivity contribution in [1.82, 2.24) is 9.80 Å². The highest BCUT2D eigenvalue weighted by Crippen LogP contribution is 2.26. The van der Waals surface area contributed by atoms with Crippen LogP contribution in [0.2, 0.25) is 0 Å². The number of nitrogens with one attached hydrogen (secondary N) is 1. The molecule has 38 heavy (non-hydrogen) atoms. The van der Waals surface area contributed by atoms with Gasteiger partial charge in [-0.3, -0.25) is 9.59 Å². The predicted octanol–water partition coefficient (Wildman–Crippen LogP) is 6.02. The standard InChI is InChI=1S/C27H24BrF2N3O4S/c28-19-7-9-20(10-8-19)31-27(36)33-15-13-32(14-16-33)25(35)22-3-1-2-4-24(22)38-17-23(34)18-5-11-21(12-6-18)37-26(29)30/h1-12,26H,13-17H2,(H,31,36). The van der Waals surface area contributed by atoms with Crippen LogP contribution in [0.5, 0.6) is 5.75 Å². The molecule has 1 fully saturated rings. The summed E-state index contributed by atoms with van der Waals surface area (Å²) >= 11 is 4.60. The van der Waals surface area contributed by atoms with Gasteiger partial charge < -0.3 is 19.9 Å². The van der Waals surface area contributed by atoms with Gasteiger partial charge in [-0.25, -0.2) is 4.79 Å². The number of alkyl halides is 2. The summed E-state index contributed by atoms with van der Waals surface area (Å²) in [6.07, 6.45) is 0. The number of carbonyl (C=O) groups is 3. The predicted molar refractivity (Wildman–Crippen MR) is 145 cm³/mol. The first-order valence-corrected chi connectivity index (χ1v) is 13.5. The molecule has 1 aliphatic heterocycles. The smallest absolute Gasteiger partial charge is 0.387 e. The Morgan fingerprint density at radius 3 is 2.18 bits per heavy atom. The van der Waals surface area contributed by atoms with E-state index >= 15 is 0 Å². The molecular formula is C27H24BrF2N3O4S. The lowest BCUT2D eigenvalue weighted by molar-refractivity contribution is -0.0498. The van der Waals surface area contributed by atoms with E-state index in [-0.39, 0.29) is 29.2 Å². The summed E-state index contributed by atoms with van der Waals surface area (Å²) in [5.74, 6) is -0.317. The van der Waals surface area contributed by atoms with Crippen LogP contribution in [-0.4, -0.2) is 66.1 Å². The van der Waals surface area contributed by atoms with Crippen molar-refractivity contribution in [3.05, 3.63) is 88.4 Å². The molecule has 7 nitrogen and oxygen atoms in total. The van der Waals surface area contributed by atoms with Crippen molar-refractivity contribution in [2.24, 2.45) is 0 Å². The lowest BCUT2D eigenvalue weighted by Crippen LogP contribution is -2.51. The van der Waals surface area contributed by atoms with Gasteiger partial charge in [-0.1, -0.05) is 28.1 Å². The largest absolute Gasteiger partial charge is 0.435 e. The second kappa shape index (κ2) is 12.9. The lowest BCUT2D eigenvalue weighted by atomic mass is 10.1. The summed E-state index contributed by atoms with van der Waals surface area (Å²) < 4.78 is 29.9. The van der Waals surface area contributed by atoms with Gasteiger partial charge in [-0.05, 0) is 60.7 Å². The molecule has 11 heteroatoms. The van der Waals surface area contributed by atoms with Crippen LogP contribution in [0.4, 0.5) is 19.3 Å². The maximum absolute atomic E-state index is 13.3. The van der Waals surface area contributed by atoms with Gasteiger partial charge in [0.2, 0.25) is 0 Å². The van der Waals surface area contributed by atoms with Crippen molar-refractivity contribution in [2.45, 2.75) is 11.5 Å².